The van der Waals surface area contributed by atoms with E-state index in [-0.39, 0.29) is 6.54 Å². The van der Waals surface area contributed by atoms with Crippen molar-refractivity contribution in [2.75, 3.05) is 39.3 Å². The van der Waals surface area contributed by atoms with Crippen molar-refractivity contribution < 1.29 is 18.3 Å². The molecule has 2 atom stereocenters. The number of hydrogen-bond acceptors (Lipinski definition) is 3. The zero-order valence-corrected chi connectivity index (χ0v) is 16.1. The zero-order valence-electron chi connectivity index (χ0n) is 16.1. The monoisotopic (exact) mass is 386 g/mol. The standard InChI is InChI=1S/C19H29F3N4O/c1-4-23-18(24-13-17(27)16-7-5-6-14(2)12-16)26-10-8-25(9-11-26)15(3)19(20,21)22/h5-7,12,15,17,27H,4,8-11,13H2,1-3H3,(H,23,24). The van der Waals surface area contributed by atoms with Gasteiger partial charge >= 0.3 is 6.18 Å². The molecule has 1 saturated heterocycles. The number of nitrogens with one attached hydrogen (secondary N) is 1. The van der Waals surface area contributed by atoms with Crippen LogP contribution in [-0.4, -0.2) is 72.4 Å². The molecule has 0 saturated carbocycles. The third-order valence-corrected chi connectivity index (χ3v) is 4.81. The summed E-state index contributed by atoms with van der Waals surface area (Å²) in [4.78, 5) is 7.90. The van der Waals surface area contributed by atoms with Gasteiger partial charge in [0.25, 0.3) is 0 Å². The first kappa shape index (κ1) is 21.5. The largest absolute Gasteiger partial charge is 0.403 e. The summed E-state index contributed by atoms with van der Waals surface area (Å²) in [6, 6.07) is 6.19. The molecule has 1 aromatic carbocycles. The minimum absolute atomic E-state index is 0.199. The van der Waals surface area contributed by atoms with Crippen molar-refractivity contribution in [3.63, 3.8) is 0 Å². The van der Waals surface area contributed by atoms with Crippen LogP contribution in [0.4, 0.5) is 13.2 Å². The second kappa shape index (κ2) is 9.41. The van der Waals surface area contributed by atoms with Crippen molar-refractivity contribution >= 4 is 5.96 Å². The fourth-order valence-electron chi connectivity index (χ4n) is 3.11. The maximum absolute atomic E-state index is 12.9. The molecule has 0 bridgehead atoms. The van der Waals surface area contributed by atoms with Gasteiger partial charge in [0.1, 0.15) is 6.04 Å². The Balaban J connectivity index is 1.98. The predicted octanol–water partition coefficient (Wildman–Crippen LogP) is 2.56. The van der Waals surface area contributed by atoms with Crippen molar-refractivity contribution in [3.8, 4) is 0 Å². The Morgan fingerprint density at radius 3 is 2.48 bits per heavy atom. The minimum Gasteiger partial charge on any atom is -0.386 e. The summed E-state index contributed by atoms with van der Waals surface area (Å²) in [6.07, 6.45) is -4.93. The second-order valence-corrected chi connectivity index (χ2v) is 6.87. The normalized spacial score (nSPS) is 19.1. The molecular formula is C19H29F3N4O. The quantitative estimate of drug-likeness (QED) is 0.603. The molecule has 0 aliphatic carbocycles. The van der Waals surface area contributed by atoms with Gasteiger partial charge in [0.05, 0.1) is 12.6 Å². The Kier molecular flexibility index (Phi) is 7.49. The molecule has 2 unspecified atom stereocenters. The molecule has 5 nitrogen and oxygen atoms in total. The number of aliphatic imine (C=N–C) groups is 1. The van der Waals surface area contributed by atoms with Crippen molar-refractivity contribution in [1.82, 2.24) is 15.1 Å². The van der Waals surface area contributed by atoms with Crippen LogP contribution in [0, 0.1) is 6.92 Å². The number of halogens is 3. The summed E-state index contributed by atoms with van der Waals surface area (Å²) in [5.74, 6) is 0.628. The molecule has 27 heavy (non-hydrogen) atoms. The molecule has 152 valence electrons. The first-order chi connectivity index (χ1) is 12.7. The maximum atomic E-state index is 12.9. The smallest absolute Gasteiger partial charge is 0.386 e. The molecule has 1 aliphatic heterocycles. The lowest BCUT2D eigenvalue weighted by molar-refractivity contribution is -0.181. The Labute approximate surface area is 158 Å². The highest BCUT2D eigenvalue weighted by Gasteiger charge is 2.41. The van der Waals surface area contributed by atoms with Gasteiger partial charge in [0, 0.05) is 32.7 Å². The Hall–Kier alpha value is -1.80. The maximum Gasteiger partial charge on any atom is 0.403 e. The van der Waals surface area contributed by atoms with E-state index >= 15 is 0 Å². The number of benzene rings is 1. The Morgan fingerprint density at radius 1 is 1.26 bits per heavy atom. The van der Waals surface area contributed by atoms with Crippen LogP contribution in [0.5, 0.6) is 0 Å². The van der Waals surface area contributed by atoms with Gasteiger partial charge in [-0.25, -0.2) is 0 Å². The second-order valence-electron chi connectivity index (χ2n) is 6.87. The number of hydrogen-bond donors (Lipinski definition) is 2. The average molecular weight is 386 g/mol. The van der Waals surface area contributed by atoms with Gasteiger partial charge in [-0.1, -0.05) is 29.8 Å². The summed E-state index contributed by atoms with van der Waals surface area (Å²) in [5.41, 5.74) is 1.87. The molecule has 1 aromatic rings. The fourth-order valence-corrected chi connectivity index (χ4v) is 3.11. The van der Waals surface area contributed by atoms with Crippen LogP contribution < -0.4 is 5.32 Å². The van der Waals surface area contributed by atoms with E-state index in [2.05, 4.69) is 10.3 Å². The molecule has 0 amide bonds. The molecular weight excluding hydrogens is 357 g/mol. The first-order valence-corrected chi connectivity index (χ1v) is 9.31. The summed E-state index contributed by atoms with van der Waals surface area (Å²) < 4.78 is 38.7. The van der Waals surface area contributed by atoms with Crippen LogP contribution in [0.15, 0.2) is 29.3 Å². The van der Waals surface area contributed by atoms with Gasteiger partial charge in [-0.15, -0.1) is 0 Å². The lowest BCUT2D eigenvalue weighted by atomic mass is 10.1. The number of aliphatic hydroxyl groups excluding tert-OH is 1. The third kappa shape index (κ3) is 6.10. The van der Waals surface area contributed by atoms with Gasteiger partial charge in [-0.2, -0.15) is 13.2 Å². The number of aryl methyl sites for hydroxylation is 1. The molecule has 0 aromatic heterocycles. The number of guanidine groups is 1. The highest BCUT2D eigenvalue weighted by atomic mass is 19.4. The Morgan fingerprint density at radius 2 is 1.93 bits per heavy atom. The third-order valence-electron chi connectivity index (χ3n) is 4.81. The van der Waals surface area contributed by atoms with E-state index in [0.717, 1.165) is 11.1 Å². The van der Waals surface area contributed by atoms with Crippen LogP contribution in [-0.2, 0) is 0 Å². The van der Waals surface area contributed by atoms with Crippen molar-refractivity contribution in [3.05, 3.63) is 35.4 Å². The van der Waals surface area contributed by atoms with Gasteiger partial charge in [-0.05, 0) is 26.3 Å². The SMILES string of the molecule is CCNC(=NCC(O)c1cccc(C)c1)N1CCN(C(C)C(F)(F)F)CC1. The number of rotatable bonds is 5. The molecule has 1 heterocycles. The molecule has 2 N–H and O–H groups in total. The van der Waals surface area contributed by atoms with E-state index in [4.69, 9.17) is 0 Å². The van der Waals surface area contributed by atoms with Gasteiger partial charge in [0.2, 0.25) is 0 Å². The number of piperazine rings is 1. The van der Waals surface area contributed by atoms with E-state index in [0.29, 0.717) is 38.7 Å². The van der Waals surface area contributed by atoms with Crippen molar-refractivity contribution in [2.24, 2.45) is 4.99 Å². The molecule has 0 spiro atoms. The topological polar surface area (TPSA) is 51.1 Å². The summed E-state index contributed by atoms with van der Waals surface area (Å²) >= 11 is 0. The highest BCUT2D eigenvalue weighted by Crippen LogP contribution is 2.25. The highest BCUT2D eigenvalue weighted by molar-refractivity contribution is 5.80. The van der Waals surface area contributed by atoms with Crippen LogP contribution in [0.3, 0.4) is 0 Å². The summed E-state index contributed by atoms with van der Waals surface area (Å²) in [6.45, 7) is 7.53. The minimum atomic E-state index is -4.21. The van der Waals surface area contributed by atoms with Crippen LogP contribution in [0.2, 0.25) is 0 Å². The molecule has 1 aliphatic rings. The van der Waals surface area contributed by atoms with E-state index in [1.165, 1.54) is 11.8 Å². The van der Waals surface area contributed by atoms with Gasteiger partial charge in [-0.3, -0.25) is 9.89 Å². The van der Waals surface area contributed by atoms with E-state index in [1.807, 2.05) is 43.0 Å². The first-order valence-electron chi connectivity index (χ1n) is 9.31. The predicted molar refractivity (Wildman–Crippen MR) is 101 cm³/mol. The van der Waals surface area contributed by atoms with Crippen molar-refractivity contribution in [1.29, 1.82) is 0 Å². The average Bonchev–Trinajstić information content (AvgIpc) is 2.63. The molecule has 1 fully saturated rings. The Bertz CT molecular complexity index is 628. The fraction of sp³-hybridized carbons (Fsp3) is 0.632. The lowest BCUT2D eigenvalue weighted by Gasteiger charge is -2.39. The molecule has 2 rings (SSSR count). The zero-order chi connectivity index (χ0) is 20.0. The molecule has 8 heteroatoms. The van der Waals surface area contributed by atoms with Gasteiger partial charge < -0.3 is 15.3 Å². The van der Waals surface area contributed by atoms with E-state index < -0.39 is 18.3 Å². The van der Waals surface area contributed by atoms with Crippen LogP contribution in [0.25, 0.3) is 0 Å². The number of alkyl halides is 3. The summed E-state index contributed by atoms with van der Waals surface area (Å²) in [7, 11) is 0. The van der Waals surface area contributed by atoms with Crippen LogP contribution >= 0.6 is 0 Å². The number of aliphatic hydroxyl groups is 1. The summed E-state index contributed by atoms with van der Waals surface area (Å²) in [5, 5.41) is 13.5. The molecule has 0 radical (unpaired) electrons. The van der Waals surface area contributed by atoms with E-state index in [9.17, 15) is 18.3 Å². The van der Waals surface area contributed by atoms with Gasteiger partial charge in [0.15, 0.2) is 5.96 Å². The van der Waals surface area contributed by atoms with Crippen molar-refractivity contribution in [2.45, 2.75) is 39.1 Å². The number of nitrogens with zero attached hydrogens (tertiary/aromatic N) is 3. The lowest BCUT2D eigenvalue weighted by Crippen LogP contribution is -2.56. The van der Waals surface area contributed by atoms with E-state index in [1.54, 1.807) is 0 Å². The van der Waals surface area contributed by atoms with Crippen LogP contribution in [0.1, 0.15) is 31.1 Å².